The molecule has 1 rings (SSSR count). The summed E-state index contributed by atoms with van der Waals surface area (Å²) in [7, 11) is 0. The summed E-state index contributed by atoms with van der Waals surface area (Å²) in [6.07, 6.45) is 1.21. The Morgan fingerprint density at radius 3 is 2.62 bits per heavy atom. The van der Waals surface area contributed by atoms with Crippen LogP contribution >= 0.6 is 11.8 Å². The average molecular weight is 132 g/mol. The fourth-order valence-corrected chi connectivity index (χ4v) is 2.14. The predicted octanol–water partition coefficient (Wildman–Crippen LogP) is -0.0170. The predicted molar refractivity (Wildman–Crippen MR) is 37.6 cm³/mol. The highest BCUT2D eigenvalue weighted by molar-refractivity contribution is 8.00. The fraction of sp³-hybridized carbons (Fsp3) is 1.00. The molecule has 0 amide bonds. The van der Waals surface area contributed by atoms with Crippen LogP contribution < -0.4 is 11.5 Å². The van der Waals surface area contributed by atoms with E-state index in [-0.39, 0.29) is 0 Å². The summed E-state index contributed by atoms with van der Waals surface area (Å²) in [6.45, 7) is 0.758. The monoisotopic (exact) mass is 132 g/mol. The van der Waals surface area contributed by atoms with E-state index in [1.54, 1.807) is 0 Å². The van der Waals surface area contributed by atoms with Gasteiger partial charge in [-0.3, -0.25) is 0 Å². The Labute approximate surface area is 54.0 Å². The van der Waals surface area contributed by atoms with Gasteiger partial charge in [0.05, 0.1) is 5.37 Å². The molecule has 4 N–H and O–H groups in total. The van der Waals surface area contributed by atoms with Crippen LogP contribution in [0.3, 0.4) is 0 Å². The summed E-state index contributed by atoms with van der Waals surface area (Å²) in [5, 5.41) is 0.319. The van der Waals surface area contributed by atoms with E-state index in [1.807, 2.05) is 11.8 Å². The van der Waals surface area contributed by atoms with Crippen LogP contribution in [0.25, 0.3) is 0 Å². The van der Waals surface area contributed by atoms with Crippen molar-refractivity contribution in [3.05, 3.63) is 0 Å². The second-order valence-electron chi connectivity index (χ2n) is 2.12. The molecule has 0 aromatic heterocycles. The maximum atomic E-state index is 5.67. The van der Waals surface area contributed by atoms with Gasteiger partial charge in [0, 0.05) is 0 Å². The molecule has 2 unspecified atom stereocenters. The molecule has 1 aliphatic heterocycles. The first kappa shape index (κ1) is 6.39. The van der Waals surface area contributed by atoms with E-state index < -0.39 is 0 Å². The normalized spacial score (nSPS) is 38.2. The largest absolute Gasteiger partial charge is 0.330 e. The lowest BCUT2D eigenvalue weighted by atomic mass is 10.1. The van der Waals surface area contributed by atoms with Crippen molar-refractivity contribution in [1.82, 2.24) is 0 Å². The van der Waals surface area contributed by atoms with Crippen molar-refractivity contribution in [2.45, 2.75) is 11.8 Å². The molecule has 3 heteroatoms. The van der Waals surface area contributed by atoms with E-state index in [1.165, 1.54) is 12.2 Å². The van der Waals surface area contributed by atoms with E-state index in [0.717, 1.165) is 6.54 Å². The van der Waals surface area contributed by atoms with Gasteiger partial charge in [0.2, 0.25) is 0 Å². The minimum atomic E-state index is 0.319. The van der Waals surface area contributed by atoms with Gasteiger partial charge in [-0.05, 0) is 24.6 Å². The molecule has 2 nitrogen and oxygen atoms in total. The zero-order valence-corrected chi connectivity index (χ0v) is 5.66. The summed E-state index contributed by atoms with van der Waals surface area (Å²) in [5.41, 5.74) is 11.1. The van der Waals surface area contributed by atoms with Crippen LogP contribution in [0, 0.1) is 5.92 Å². The van der Waals surface area contributed by atoms with Gasteiger partial charge in [0.1, 0.15) is 0 Å². The Kier molecular flexibility index (Phi) is 2.16. The lowest BCUT2D eigenvalue weighted by Gasteiger charge is -2.09. The summed E-state index contributed by atoms with van der Waals surface area (Å²) >= 11 is 1.83. The van der Waals surface area contributed by atoms with Crippen LogP contribution in [0.2, 0.25) is 0 Å². The minimum absolute atomic E-state index is 0.319. The first-order chi connectivity index (χ1) is 3.84. The molecule has 0 bridgehead atoms. The molecule has 0 radical (unpaired) electrons. The Morgan fingerprint density at radius 2 is 2.38 bits per heavy atom. The van der Waals surface area contributed by atoms with Crippen molar-refractivity contribution >= 4 is 11.8 Å². The van der Waals surface area contributed by atoms with Crippen LogP contribution in [0.15, 0.2) is 0 Å². The molecule has 0 aromatic carbocycles. The zero-order chi connectivity index (χ0) is 5.98. The first-order valence-electron chi connectivity index (χ1n) is 2.92. The Balaban J connectivity index is 2.30. The molecule has 1 saturated heterocycles. The van der Waals surface area contributed by atoms with Gasteiger partial charge in [0.25, 0.3) is 0 Å². The molecular formula is C5H12N2S. The van der Waals surface area contributed by atoms with Crippen molar-refractivity contribution in [2.75, 3.05) is 12.3 Å². The summed E-state index contributed by atoms with van der Waals surface area (Å²) in [5.74, 6) is 1.78. The molecule has 1 heterocycles. The van der Waals surface area contributed by atoms with E-state index in [0.29, 0.717) is 11.3 Å². The van der Waals surface area contributed by atoms with E-state index in [4.69, 9.17) is 11.5 Å². The molecule has 0 saturated carbocycles. The topological polar surface area (TPSA) is 52.0 Å². The standard InChI is InChI=1S/C5H12N2S/c6-3-4-1-2-8-5(4)7/h4-5H,1-3,6-7H2. The molecule has 8 heavy (non-hydrogen) atoms. The third-order valence-corrected chi connectivity index (χ3v) is 2.81. The summed E-state index contributed by atoms with van der Waals surface area (Å²) < 4.78 is 0. The smallest absolute Gasteiger partial charge is 0.0548 e. The number of rotatable bonds is 1. The Hall–Kier alpha value is 0.270. The van der Waals surface area contributed by atoms with Crippen LogP contribution in [-0.2, 0) is 0 Å². The number of thioether (sulfide) groups is 1. The summed E-state index contributed by atoms with van der Waals surface area (Å²) in [4.78, 5) is 0. The van der Waals surface area contributed by atoms with Crippen LogP contribution in [0.1, 0.15) is 6.42 Å². The van der Waals surface area contributed by atoms with Gasteiger partial charge < -0.3 is 11.5 Å². The maximum absolute atomic E-state index is 5.67. The third-order valence-electron chi connectivity index (χ3n) is 1.57. The van der Waals surface area contributed by atoms with Crippen molar-refractivity contribution in [3.8, 4) is 0 Å². The molecule has 1 fully saturated rings. The van der Waals surface area contributed by atoms with E-state index in [9.17, 15) is 0 Å². The summed E-state index contributed by atoms with van der Waals surface area (Å²) in [6, 6.07) is 0. The van der Waals surface area contributed by atoms with Crippen molar-refractivity contribution in [2.24, 2.45) is 17.4 Å². The zero-order valence-electron chi connectivity index (χ0n) is 4.84. The number of nitrogens with two attached hydrogens (primary N) is 2. The van der Waals surface area contributed by atoms with Crippen molar-refractivity contribution in [3.63, 3.8) is 0 Å². The fourth-order valence-electron chi connectivity index (χ4n) is 0.908. The second-order valence-corrected chi connectivity index (χ2v) is 3.41. The molecule has 1 aliphatic rings. The van der Waals surface area contributed by atoms with Crippen LogP contribution in [0.4, 0.5) is 0 Å². The maximum Gasteiger partial charge on any atom is 0.0548 e. The molecule has 2 atom stereocenters. The van der Waals surface area contributed by atoms with Gasteiger partial charge in [-0.1, -0.05) is 0 Å². The van der Waals surface area contributed by atoms with Crippen LogP contribution in [0.5, 0.6) is 0 Å². The SMILES string of the molecule is NCC1CCSC1N. The lowest BCUT2D eigenvalue weighted by molar-refractivity contribution is 0.533. The van der Waals surface area contributed by atoms with Gasteiger partial charge >= 0.3 is 0 Å². The highest BCUT2D eigenvalue weighted by Crippen LogP contribution is 2.27. The molecule has 0 aliphatic carbocycles. The van der Waals surface area contributed by atoms with E-state index in [2.05, 4.69) is 0 Å². The quantitative estimate of drug-likeness (QED) is 0.527. The molecule has 0 aromatic rings. The highest BCUT2D eigenvalue weighted by Gasteiger charge is 2.22. The molecule has 0 spiro atoms. The van der Waals surface area contributed by atoms with Crippen molar-refractivity contribution in [1.29, 1.82) is 0 Å². The van der Waals surface area contributed by atoms with Gasteiger partial charge in [0.15, 0.2) is 0 Å². The molecule has 48 valence electrons. The third kappa shape index (κ3) is 1.16. The first-order valence-corrected chi connectivity index (χ1v) is 3.96. The van der Waals surface area contributed by atoms with Crippen LogP contribution in [-0.4, -0.2) is 17.7 Å². The average Bonchev–Trinajstić information content (AvgIpc) is 2.14. The number of hydrogen-bond acceptors (Lipinski definition) is 3. The highest BCUT2D eigenvalue weighted by atomic mass is 32.2. The van der Waals surface area contributed by atoms with Crippen molar-refractivity contribution < 1.29 is 0 Å². The van der Waals surface area contributed by atoms with E-state index >= 15 is 0 Å². The van der Waals surface area contributed by atoms with Gasteiger partial charge in [-0.2, -0.15) is 0 Å². The Morgan fingerprint density at radius 1 is 1.62 bits per heavy atom. The second kappa shape index (κ2) is 2.71. The lowest BCUT2D eigenvalue weighted by Crippen LogP contribution is -2.27. The number of hydrogen-bond donors (Lipinski definition) is 2. The molecular weight excluding hydrogens is 120 g/mol. The Bertz CT molecular complexity index is 76.8. The van der Waals surface area contributed by atoms with Gasteiger partial charge in [-0.25, -0.2) is 0 Å². The van der Waals surface area contributed by atoms with Gasteiger partial charge in [-0.15, -0.1) is 11.8 Å². The minimum Gasteiger partial charge on any atom is -0.330 e.